The number of aliphatic imine (C=N–C) groups is 1. The minimum atomic E-state index is 0.474. The van der Waals surface area contributed by atoms with Crippen molar-refractivity contribution in [3.63, 3.8) is 0 Å². The van der Waals surface area contributed by atoms with Crippen molar-refractivity contribution in [1.82, 2.24) is 20.4 Å². The average Bonchev–Trinajstić information content (AvgIpc) is 2.85. The monoisotopic (exact) mass is 251 g/mol. The van der Waals surface area contributed by atoms with Crippen LogP contribution in [-0.4, -0.2) is 35.4 Å². The van der Waals surface area contributed by atoms with Crippen LogP contribution in [0.1, 0.15) is 27.2 Å². The van der Waals surface area contributed by atoms with E-state index in [-0.39, 0.29) is 0 Å². The first-order valence-corrected chi connectivity index (χ1v) is 6.75. The SMILES string of the molecule is CCCNC(=NCC(C)Cn1cccn1)NCC. The molecule has 0 saturated carbocycles. The van der Waals surface area contributed by atoms with Gasteiger partial charge in [-0.2, -0.15) is 5.10 Å². The first-order valence-electron chi connectivity index (χ1n) is 6.75. The van der Waals surface area contributed by atoms with Crippen molar-refractivity contribution in [2.45, 2.75) is 33.7 Å². The molecule has 102 valence electrons. The molecule has 1 unspecified atom stereocenters. The van der Waals surface area contributed by atoms with Crippen LogP contribution >= 0.6 is 0 Å². The molecule has 1 heterocycles. The molecule has 5 heteroatoms. The highest BCUT2D eigenvalue weighted by Gasteiger charge is 2.03. The number of guanidine groups is 1. The molecule has 1 aromatic rings. The number of nitrogens with zero attached hydrogens (tertiary/aromatic N) is 3. The lowest BCUT2D eigenvalue weighted by Crippen LogP contribution is -2.38. The Kier molecular flexibility index (Phi) is 6.91. The van der Waals surface area contributed by atoms with Crippen molar-refractivity contribution in [3.8, 4) is 0 Å². The molecule has 0 fully saturated rings. The molecule has 0 aliphatic heterocycles. The molecule has 0 bridgehead atoms. The maximum Gasteiger partial charge on any atom is 0.191 e. The van der Waals surface area contributed by atoms with Gasteiger partial charge in [0.1, 0.15) is 0 Å². The van der Waals surface area contributed by atoms with Crippen molar-refractivity contribution in [3.05, 3.63) is 18.5 Å². The van der Waals surface area contributed by atoms with Crippen molar-refractivity contribution < 1.29 is 0 Å². The lowest BCUT2D eigenvalue weighted by atomic mass is 10.2. The predicted octanol–water partition coefficient (Wildman–Crippen LogP) is 1.48. The van der Waals surface area contributed by atoms with Gasteiger partial charge in [0.25, 0.3) is 0 Å². The van der Waals surface area contributed by atoms with Gasteiger partial charge in [-0.15, -0.1) is 0 Å². The Bertz CT molecular complexity index is 331. The molecule has 5 nitrogen and oxygen atoms in total. The zero-order valence-corrected chi connectivity index (χ0v) is 11.7. The summed E-state index contributed by atoms with van der Waals surface area (Å²) in [7, 11) is 0. The number of nitrogens with one attached hydrogen (secondary N) is 2. The summed E-state index contributed by atoms with van der Waals surface area (Å²) in [6.07, 6.45) is 4.90. The molecule has 0 aromatic carbocycles. The number of aromatic nitrogens is 2. The number of hydrogen-bond donors (Lipinski definition) is 2. The Morgan fingerprint density at radius 1 is 1.39 bits per heavy atom. The van der Waals surface area contributed by atoms with E-state index in [2.05, 4.69) is 41.5 Å². The molecular weight excluding hydrogens is 226 g/mol. The van der Waals surface area contributed by atoms with Crippen LogP contribution < -0.4 is 10.6 Å². The molecule has 0 amide bonds. The van der Waals surface area contributed by atoms with Crippen LogP contribution in [0.5, 0.6) is 0 Å². The lowest BCUT2D eigenvalue weighted by Gasteiger charge is -2.13. The Morgan fingerprint density at radius 2 is 2.22 bits per heavy atom. The molecular formula is C13H25N5. The van der Waals surface area contributed by atoms with Gasteiger partial charge in [0.2, 0.25) is 0 Å². The molecule has 1 rings (SSSR count). The second-order valence-corrected chi connectivity index (χ2v) is 4.48. The zero-order chi connectivity index (χ0) is 13.2. The summed E-state index contributed by atoms with van der Waals surface area (Å²) in [6.45, 7) is 9.98. The Balaban J connectivity index is 2.37. The predicted molar refractivity (Wildman–Crippen MR) is 75.7 cm³/mol. The summed E-state index contributed by atoms with van der Waals surface area (Å²) in [6, 6.07) is 1.95. The topological polar surface area (TPSA) is 54.2 Å². The fraction of sp³-hybridized carbons (Fsp3) is 0.692. The summed E-state index contributed by atoms with van der Waals surface area (Å²) in [5.74, 6) is 1.38. The molecule has 0 aliphatic carbocycles. The average molecular weight is 251 g/mol. The van der Waals surface area contributed by atoms with Gasteiger partial charge >= 0.3 is 0 Å². The van der Waals surface area contributed by atoms with Crippen LogP contribution in [-0.2, 0) is 6.54 Å². The zero-order valence-electron chi connectivity index (χ0n) is 11.7. The van der Waals surface area contributed by atoms with Gasteiger partial charge in [0.15, 0.2) is 5.96 Å². The van der Waals surface area contributed by atoms with E-state index in [9.17, 15) is 0 Å². The minimum absolute atomic E-state index is 0.474. The summed E-state index contributed by atoms with van der Waals surface area (Å²) in [4.78, 5) is 4.58. The van der Waals surface area contributed by atoms with Crippen LogP contribution in [0.25, 0.3) is 0 Å². The van der Waals surface area contributed by atoms with Crippen molar-refractivity contribution in [2.75, 3.05) is 19.6 Å². The third kappa shape index (κ3) is 5.70. The molecule has 0 spiro atoms. The fourth-order valence-electron chi connectivity index (χ4n) is 1.62. The van der Waals surface area contributed by atoms with E-state index in [0.29, 0.717) is 5.92 Å². The lowest BCUT2D eigenvalue weighted by molar-refractivity contribution is 0.458. The molecule has 18 heavy (non-hydrogen) atoms. The third-order valence-corrected chi connectivity index (χ3v) is 2.51. The van der Waals surface area contributed by atoms with Gasteiger partial charge in [-0.05, 0) is 25.3 Å². The highest BCUT2D eigenvalue weighted by molar-refractivity contribution is 5.79. The third-order valence-electron chi connectivity index (χ3n) is 2.51. The van der Waals surface area contributed by atoms with Crippen LogP contribution in [0.3, 0.4) is 0 Å². The van der Waals surface area contributed by atoms with E-state index in [1.165, 1.54) is 0 Å². The minimum Gasteiger partial charge on any atom is -0.357 e. The van der Waals surface area contributed by atoms with E-state index in [4.69, 9.17) is 0 Å². The van der Waals surface area contributed by atoms with Crippen LogP contribution in [0.4, 0.5) is 0 Å². The van der Waals surface area contributed by atoms with E-state index in [1.807, 2.05) is 23.1 Å². The van der Waals surface area contributed by atoms with Crippen molar-refractivity contribution in [1.29, 1.82) is 0 Å². The van der Waals surface area contributed by atoms with Gasteiger partial charge in [-0.1, -0.05) is 13.8 Å². The van der Waals surface area contributed by atoms with E-state index < -0.39 is 0 Å². The molecule has 1 atom stereocenters. The highest BCUT2D eigenvalue weighted by atomic mass is 15.3. The highest BCUT2D eigenvalue weighted by Crippen LogP contribution is 2.00. The Hall–Kier alpha value is -1.52. The molecule has 0 saturated heterocycles. The maximum atomic E-state index is 4.58. The van der Waals surface area contributed by atoms with Gasteiger partial charge < -0.3 is 10.6 Å². The van der Waals surface area contributed by atoms with Gasteiger partial charge in [-0.3, -0.25) is 9.67 Å². The molecule has 0 radical (unpaired) electrons. The normalized spacial score (nSPS) is 13.4. The van der Waals surface area contributed by atoms with Crippen molar-refractivity contribution >= 4 is 5.96 Å². The maximum absolute atomic E-state index is 4.58. The fourth-order valence-corrected chi connectivity index (χ4v) is 1.62. The van der Waals surface area contributed by atoms with Crippen LogP contribution in [0.15, 0.2) is 23.5 Å². The van der Waals surface area contributed by atoms with Crippen LogP contribution in [0.2, 0.25) is 0 Å². The quantitative estimate of drug-likeness (QED) is 0.570. The van der Waals surface area contributed by atoms with Gasteiger partial charge in [0.05, 0.1) is 0 Å². The largest absolute Gasteiger partial charge is 0.357 e. The second-order valence-electron chi connectivity index (χ2n) is 4.48. The number of hydrogen-bond acceptors (Lipinski definition) is 2. The summed E-state index contributed by atoms with van der Waals surface area (Å²) in [5, 5.41) is 10.8. The van der Waals surface area contributed by atoms with E-state index >= 15 is 0 Å². The summed E-state index contributed by atoms with van der Waals surface area (Å²) >= 11 is 0. The Morgan fingerprint density at radius 3 is 2.83 bits per heavy atom. The number of rotatable bonds is 7. The second kappa shape index (κ2) is 8.55. The molecule has 0 aliphatic rings. The smallest absolute Gasteiger partial charge is 0.191 e. The van der Waals surface area contributed by atoms with E-state index in [1.54, 1.807) is 0 Å². The van der Waals surface area contributed by atoms with Crippen molar-refractivity contribution in [2.24, 2.45) is 10.9 Å². The standard InChI is InChI=1S/C13H25N5/c1-4-7-15-13(14-5-2)16-10-12(3)11-18-9-6-8-17-18/h6,8-9,12H,4-5,7,10-11H2,1-3H3,(H2,14,15,16). The van der Waals surface area contributed by atoms with Crippen LogP contribution in [0, 0.1) is 5.92 Å². The first-order chi connectivity index (χ1) is 8.76. The first kappa shape index (κ1) is 14.5. The molecule has 1 aromatic heterocycles. The van der Waals surface area contributed by atoms with Gasteiger partial charge in [0, 0.05) is 38.6 Å². The Labute approximate surface area is 110 Å². The molecule has 2 N–H and O–H groups in total. The van der Waals surface area contributed by atoms with E-state index in [0.717, 1.165) is 38.6 Å². The van der Waals surface area contributed by atoms with Gasteiger partial charge in [-0.25, -0.2) is 0 Å². The summed E-state index contributed by atoms with van der Waals surface area (Å²) in [5.41, 5.74) is 0. The summed E-state index contributed by atoms with van der Waals surface area (Å²) < 4.78 is 1.95.